The van der Waals surface area contributed by atoms with Crippen molar-refractivity contribution in [2.24, 2.45) is 5.92 Å². The van der Waals surface area contributed by atoms with Gasteiger partial charge in [0.25, 0.3) is 0 Å². The van der Waals surface area contributed by atoms with E-state index in [0.717, 1.165) is 63.7 Å². The maximum Gasteiger partial charge on any atom is 0.306 e. The molecule has 0 fully saturated rings. The summed E-state index contributed by atoms with van der Waals surface area (Å²) in [5.74, 6) is -0.0483. The lowest BCUT2D eigenvalue weighted by Crippen LogP contribution is -2.30. The standard InChI is InChI=1S/C53H102O6/c1-5-7-9-11-13-15-17-19-20-21-22-24-26-28-34-38-42-46-53(56)59-50(48-58-52(55)45-41-37-33-30-29-31-35-39-43-49(3)4)47-57-51(54)44-40-36-32-27-25-23-18-16-14-12-10-8-6-2/h49-50H,5-48H2,1-4H3/t50-/m0/s1. The van der Waals surface area contributed by atoms with Crippen LogP contribution in [0.4, 0.5) is 0 Å². The zero-order chi connectivity index (χ0) is 43.1. The number of ether oxygens (including phenoxy) is 3. The Morgan fingerprint density at radius 3 is 0.831 bits per heavy atom. The highest BCUT2D eigenvalue weighted by atomic mass is 16.6. The summed E-state index contributed by atoms with van der Waals surface area (Å²) in [4.78, 5) is 37.9. The molecule has 0 rings (SSSR count). The fourth-order valence-electron chi connectivity index (χ4n) is 8.04. The number of unbranched alkanes of at least 4 members (excludes halogenated alkanes) is 35. The van der Waals surface area contributed by atoms with Crippen LogP contribution in [0.25, 0.3) is 0 Å². The Balaban J connectivity index is 4.29. The first-order valence-corrected chi connectivity index (χ1v) is 26.4. The summed E-state index contributed by atoms with van der Waals surface area (Å²) < 4.78 is 16.8. The molecule has 59 heavy (non-hydrogen) atoms. The summed E-state index contributed by atoms with van der Waals surface area (Å²) in [5.41, 5.74) is 0. The molecule has 0 aliphatic carbocycles. The van der Waals surface area contributed by atoms with Gasteiger partial charge in [-0.3, -0.25) is 14.4 Å². The van der Waals surface area contributed by atoms with E-state index in [0.29, 0.717) is 19.3 Å². The maximum absolute atomic E-state index is 12.8. The van der Waals surface area contributed by atoms with E-state index >= 15 is 0 Å². The van der Waals surface area contributed by atoms with Crippen LogP contribution in [-0.4, -0.2) is 37.2 Å². The monoisotopic (exact) mass is 835 g/mol. The molecule has 0 saturated carbocycles. The Morgan fingerprint density at radius 1 is 0.322 bits per heavy atom. The molecule has 0 aromatic carbocycles. The summed E-state index contributed by atoms with van der Waals surface area (Å²) in [6.45, 7) is 9.00. The van der Waals surface area contributed by atoms with Gasteiger partial charge in [0.05, 0.1) is 0 Å². The molecule has 6 nitrogen and oxygen atoms in total. The lowest BCUT2D eigenvalue weighted by molar-refractivity contribution is -0.167. The van der Waals surface area contributed by atoms with E-state index in [-0.39, 0.29) is 31.1 Å². The van der Waals surface area contributed by atoms with Crippen LogP contribution in [0.15, 0.2) is 0 Å². The van der Waals surface area contributed by atoms with Gasteiger partial charge in [0.2, 0.25) is 0 Å². The highest BCUT2D eigenvalue weighted by Crippen LogP contribution is 2.17. The minimum absolute atomic E-state index is 0.0630. The fourth-order valence-corrected chi connectivity index (χ4v) is 8.04. The smallest absolute Gasteiger partial charge is 0.306 e. The Hall–Kier alpha value is -1.59. The highest BCUT2D eigenvalue weighted by Gasteiger charge is 2.19. The molecule has 0 aromatic heterocycles. The minimum atomic E-state index is -0.761. The molecular formula is C53H102O6. The normalized spacial score (nSPS) is 11.9. The third-order valence-electron chi connectivity index (χ3n) is 12.0. The van der Waals surface area contributed by atoms with E-state index in [1.54, 1.807) is 0 Å². The molecule has 0 aliphatic heterocycles. The van der Waals surface area contributed by atoms with Gasteiger partial charge in [-0.25, -0.2) is 0 Å². The van der Waals surface area contributed by atoms with Gasteiger partial charge < -0.3 is 14.2 Å². The fraction of sp³-hybridized carbons (Fsp3) is 0.943. The van der Waals surface area contributed by atoms with Crippen LogP contribution in [-0.2, 0) is 28.6 Å². The molecule has 0 bridgehead atoms. The van der Waals surface area contributed by atoms with Crippen LogP contribution in [0, 0.1) is 5.92 Å². The van der Waals surface area contributed by atoms with Crippen LogP contribution in [0.2, 0.25) is 0 Å². The van der Waals surface area contributed by atoms with Gasteiger partial charge in [0, 0.05) is 19.3 Å². The Kier molecular flexibility index (Phi) is 46.2. The van der Waals surface area contributed by atoms with Gasteiger partial charge in [-0.2, -0.15) is 0 Å². The molecule has 0 aromatic rings. The molecule has 1 atom stereocenters. The molecule has 0 N–H and O–H groups in total. The van der Waals surface area contributed by atoms with Gasteiger partial charge in [0.15, 0.2) is 6.10 Å². The van der Waals surface area contributed by atoms with Gasteiger partial charge in [-0.15, -0.1) is 0 Å². The van der Waals surface area contributed by atoms with Crippen molar-refractivity contribution in [3.63, 3.8) is 0 Å². The molecule has 0 spiro atoms. The molecule has 0 radical (unpaired) electrons. The average Bonchev–Trinajstić information content (AvgIpc) is 3.22. The van der Waals surface area contributed by atoms with E-state index in [4.69, 9.17) is 14.2 Å². The van der Waals surface area contributed by atoms with Gasteiger partial charge >= 0.3 is 17.9 Å². The Bertz CT molecular complexity index is 887. The SMILES string of the molecule is CCCCCCCCCCCCCCCCCCCC(=O)O[C@@H](COC(=O)CCCCCCCCCCCCCCC)COC(=O)CCCCCCCCCCC(C)C. The third-order valence-corrected chi connectivity index (χ3v) is 12.0. The van der Waals surface area contributed by atoms with Crippen LogP contribution in [0.3, 0.4) is 0 Å². The first kappa shape index (κ1) is 57.4. The number of carbonyl (C=O) groups is 3. The van der Waals surface area contributed by atoms with Crippen molar-refractivity contribution >= 4 is 17.9 Å². The quantitative estimate of drug-likeness (QED) is 0.0345. The second-order valence-electron chi connectivity index (χ2n) is 18.6. The summed E-state index contributed by atoms with van der Waals surface area (Å²) in [6.07, 6.45) is 49.5. The van der Waals surface area contributed by atoms with Crippen LogP contribution in [0.5, 0.6) is 0 Å². The molecule has 350 valence electrons. The highest BCUT2D eigenvalue weighted by molar-refractivity contribution is 5.71. The summed E-state index contributed by atoms with van der Waals surface area (Å²) in [6, 6.07) is 0. The number of hydrogen-bond acceptors (Lipinski definition) is 6. The lowest BCUT2D eigenvalue weighted by Gasteiger charge is -2.18. The van der Waals surface area contributed by atoms with E-state index in [2.05, 4.69) is 27.7 Å². The van der Waals surface area contributed by atoms with Crippen molar-refractivity contribution in [3.05, 3.63) is 0 Å². The predicted molar refractivity (Wildman–Crippen MR) is 252 cm³/mol. The summed E-state index contributed by atoms with van der Waals surface area (Å²) in [5, 5.41) is 0. The van der Waals surface area contributed by atoms with Gasteiger partial charge in [-0.1, -0.05) is 259 Å². The first-order valence-electron chi connectivity index (χ1n) is 26.4. The molecule has 0 unspecified atom stereocenters. The van der Waals surface area contributed by atoms with Crippen LogP contribution < -0.4 is 0 Å². The van der Waals surface area contributed by atoms with E-state index in [1.165, 1.54) is 193 Å². The second kappa shape index (κ2) is 47.5. The number of hydrogen-bond donors (Lipinski definition) is 0. The molecule has 6 heteroatoms. The number of esters is 3. The molecule has 0 amide bonds. The summed E-state index contributed by atoms with van der Waals surface area (Å²) >= 11 is 0. The molecule has 0 aliphatic rings. The molecular weight excluding hydrogens is 733 g/mol. The zero-order valence-corrected chi connectivity index (χ0v) is 40.2. The van der Waals surface area contributed by atoms with Gasteiger partial charge in [-0.05, 0) is 25.2 Å². The van der Waals surface area contributed by atoms with Crippen LogP contribution >= 0.6 is 0 Å². The zero-order valence-electron chi connectivity index (χ0n) is 40.2. The average molecular weight is 835 g/mol. The largest absolute Gasteiger partial charge is 0.462 e. The van der Waals surface area contributed by atoms with Gasteiger partial charge in [0.1, 0.15) is 13.2 Å². The number of rotatable bonds is 48. The summed E-state index contributed by atoms with van der Waals surface area (Å²) in [7, 11) is 0. The van der Waals surface area contributed by atoms with E-state index in [1.807, 2.05) is 0 Å². The van der Waals surface area contributed by atoms with Crippen molar-refractivity contribution < 1.29 is 28.6 Å². The first-order chi connectivity index (χ1) is 28.9. The van der Waals surface area contributed by atoms with Crippen molar-refractivity contribution in [2.75, 3.05) is 13.2 Å². The number of carbonyl (C=O) groups excluding carboxylic acids is 3. The van der Waals surface area contributed by atoms with Crippen molar-refractivity contribution in [3.8, 4) is 0 Å². The van der Waals surface area contributed by atoms with Crippen molar-refractivity contribution in [1.82, 2.24) is 0 Å². The molecule has 0 heterocycles. The Labute approximate surface area is 368 Å². The van der Waals surface area contributed by atoms with Crippen LogP contribution in [0.1, 0.15) is 297 Å². The van der Waals surface area contributed by atoms with E-state index in [9.17, 15) is 14.4 Å². The van der Waals surface area contributed by atoms with Crippen molar-refractivity contribution in [1.29, 1.82) is 0 Å². The lowest BCUT2D eigenvalue weighted by atomic mass is 10.0. The predicted octanol–water partition coefficient (Wildman–Crippen LogP) is 17.1. The van der Waals surface area contributed by atoms with E-state index < -0.39 is 6.10 Å². The molecule has 0 saturated heterocycles. The topological polar surface area (TPSA) is 78.9 Å². The Morgan fingerprint density at radius 2 is 0.559 bits per heavy atom. The maximum atomic E-state index is 12.8. The third kappa shape index (κ3) is 47.3. The second-order valence-corrected chi connectivity index (χ2v) is 18.6. The minimum Gasteiger partial charge on any atom is -0.462 e. The van der Waals surface area contributed by atoms with Crippen molar-refractivity contribution in [2.45, 2.75) is 303 Å².